The van der Waals surface area contributed by atoms with Crippen molar-refractivity contribution < 1.29 is 14.3 Å². The first-order chi connectivity index (χ1) is 14.4. The number of hydrogen-bond acceptors (Lipinski definition) is 4. The van der Waals surface area contributed by atoms with Crippen molar-refractivity contribution in [2.24, 2.45) is 0 Å². The molecular weight excluding hydrogens is 446 g/mol. The number of hydrogen-bond donors (Lipinski definition) is 0. The van der Waals surface area contributed by atoms with E-state index in [1.807, 2.05) is 55.8 Å². The first kappa shape index (κ1) is 21.9. The Morgan fingerprint density at radius 1 is 1.20 bits per heavy atom. The standard InChI is InChI=1S/C23H26BrN3O3/c1-6-30-21-13-17(12-20(24)22(21)29-5)23(28)26(4)14-19-15(2)25-27(16(19)3)18-10-8-7-9-11-18/h7-13H,6,14H2,1-5H3. The topological polar surface area (TPSA) is 56.6 Å². The van der Waals surface area contributed by atoms with Gasteiger partial charge in [0.1, 0.15) is 0 Å². The molecule has 0 saturated heterocycles. The molecule has 30 heavy (non-hydrogen) atoms. The fraction of sp³-hybridized carbons (Fsp3) is 0.304. The number of carbonyl (C=O) groups is 1. The van der Waals surface area contributed by atoms with Gasteiger partial charge in [-0.15, -0.1) is 0 Å². The highest BCUT2D eigenvalue weighted by molar-refractivity contribution is 9.10. The van der Waals surface area contributed by atoms with Crippen molar-refractivity contribution in [1.82, 2.24) is 14.7 Å². The summed E-state index contributed by atoms with van der Waals surface area (Å²) in [5.74, 6) is 1.01. The Morgan fingerprint density at radius 3 is 2.53 bits per heavy atom. The molecule has 7 heteroatoms. The predicted molar refractivity (Wildman–Crippen MR) is 121 cm³/mol. The Balaban J connectivity index is 1.87. The lowest BCUT2D eigenvalue weighted by atomic mass is 10.1. The van der Waals surface area contributed by atoms with E-state index in [1.165, 1.54) is 0 Å². The summed E-state index contributed by atoms with van der Waals surface area (Å²) in [7, 11) is 3.37. The summed E-state index contributed by atoms with van der Waals surface area (Å²) in [4.78, 5) is 14.8. The fourth-order valence-electron chi connectivity index (χ4n) is 3.41. The van der Waals surface area contributed by atoms with Crippen LogP contribution < -0.4 is 9.47 Å². The number of methoxy groups -OCH3 is 1. The lowest BCUT2D eigenvalue weighted by molar-refractivity contribution is 0.0784. The number of aryl methyl sites for hydroxylation is 1. The number of rotatable bonds is 7. The maximum Gasteiger partial charge on any atom is 0.254 e. The van der Waals surface area contributed by atoms with Crippen LogP contribution in [0, 0.1) is 13.8 Å². The second-order valence-corrected chi connectivity index (χ2v) is 7.83. The molecule has 1 heterocycles. The molecule has 0 unspecified atom stereocenters. The molecule has 0 aliphatic heterocycles. The van der Waals surface area contributed by atoms with Crippen LogP contribution in [0.4, 0.5) is 0 Å². The zero-order chi connectivity index (χ0) is 21.8. The molecule has 158 valence electrons. The second kappa shape index (κ2) is 9.34. The van der Waals surface area contributed by atoms with Crippen LogP contribution in [0.25, 0.3) is 5.69 Å². The molecule has 0 fully saturated rings. The number of para-hydroxylation sites is 1. The van der Waals surface area contributed by atoms with Gasteiger partial charge in [0.05, 0.1) is 29.6 Å². The Labute approximate surface area is 185 Å². The van der Waals surface area contributed by atoms with Gasteiger partial charge in [-0.1, -0.05) is 18.2 Å². The Kier molecular flexibility index (Phi) is 6.82. The van der Waals surface area contributed by atoms with Gasteiger partial charge in [0.25, 0.3) is 5.91 Å². The molecule has 0 N–H and O–H groups in total. The maximum absolute atomic E-state index is 13.1. The van der Waals surface area contributed by atoms with E-state index in [-0.39, 0.29) is 5.91 Å². The molecule has 0 bridgehead atoms. The van der Waals surface area contributed by atoms with Gasteiger partial charge < -0.3 is 14.4 Å². The number of ether oxygens (including phenoxy) is 2. The van der Waals surface area contributed by atoms with E-state index in [9.17, 15) is 4.79 Å². The molecule has 0 aliphatic carbocycles. The first-order valence-electron chi connectivity index (χ1n) is 9.73. The minimum absolute atomic E-state index is 0.106. The molecule has 0 aliphatic rings. The largest absolute Gasteiger partial charge is 0.492 e. The van der Waals surface area contributed by atoms with Crippen molar-refractivity contribution in [3.63, 3.8) is 0 Å². The highest BCUT2D eigenvalue weighted by Gasteiger charge is 2.21. The monoisotopic (exact) mass is 471 g/mol. The van der Waals surface area contributed by atoms with Gasteiger partial charge in [-0.25, -0.2) is 4.68 Å². The van der Waals surface area contributed by atoms with E-state index in [0.29, 0.717) is 34.7 Å². The van der Waals surface area contributed by atoms with E-state index in [0.717, 1.165) is 22.6 Å². The van der Waals surface area contributed by atoms with E-state index in [2.05, 4.69) is 21.0 Å². The van der Waals surface area contributed by atoms with Crippen molar-refractivity contribution in [3.05, 3.63) is 69.5 Å². The second-order valence-electron chi connectivity index (χ2n) is 6.98. The number of carbonyl (C=O) groups excluding carboxylic acids is 1. The lowest BCUT2D eigenvalue weighted by Gasteiger charge is -2.19. The van der Waals surface area contributed by atoms with Gasteiger partial charge in [-0.2, -0.15) is 5.10 Å². The minimum Gasteiger partial charge on any atom is -0.492 e. The van der Waals surface area contributed by atoms with Gasteiger partial charge in [-0.05, 0) is 61.0 Å². The van der Waals surface area contributed by atoms with Crippen LogP contribution in [-0.4, -0.2) is 41.4 Å². The first-order valence-corrected chi connectivity index (χ1v) is 10.5. The lowest BCUT2D eigenvalue weighted by Crippen LogP contribution is -2.26. The normalized spacial score (nSPS) is 10.7. The van der Waals surface area contributed by atoms with Gasteiger partial charge >= 0.3 is 0 Å². The molecule has 6 nitrogen and oxygen atoms in total. The molecule has 0 saturated carbocycles. The van der Waals surface area contributed by atoms with Crippen LogP contribution in [0.5, 0.6) is 11.5 Å². The summed E-state index contributed by atoms with van der Waals surface area (Å²) in [6.07, 6.45) is 0. The number of benzene rings is 2. The number of halogens is 1. The molecule has 0 spiro atoms. The molecular formula is C23H26BrN3O3. The molecule has 0 atom stereocenters. The van der Waals surface area contributed by atoms with Crippen molar-refractivity contribution in [2.45, 2.75) is 27.3 Å². The third-order valence-corrected chi connectivity index (χ3v) is 5.53. The summed E-state index contributed by atoms with van der Waals surface area (Å²) in [5, 5.41) is 4.68. The Hall–Kier alpha value is -2.80. The molecule has 1 amide bonds. The third kappa shape index (κ3) is 4.36. The summed E-state index contributed by atoms with van der Waals surface area (Å²) in [5.41, 5.74) is 4.48. The predicted octanol–water partition coefficient (Wildman–Crippen LogP) is 4.93. The van der Waals surface area contributed by atoms with E-state index < -0.39 is 0 Å². The number of nitrogens with zero attached hydrogens (tertiary/aromatic N) is 3. The fourth-order valence-corrected chi connectivity index (χ4v) is 4.01. The average Bonchev–Trinajstić information content (AvgIpc) is 3.02. The highest BCUT2D eigenvalue weighted by Crippen LogP contribution is 2.37. The third-order valence-electron chi connectivity index (χ3n) is 4.94. The van der Waals surface area contributed by atoms with Crippen LogP contribution in [-0.2, 0) is 6.54 Å². The minimum atomic E-state index is -0.106. The quantitative estimate of drug-likeness (QED) is 0.489. The Morgan fingerprint density at radius 2 is 1.90 bits per heavy atom. The maximum atomic E-state index is 13.1. The van der Waals surface area contributed by atoms with Gasteiger partial charge in [0.2, 0.25) is 0 Å². The van der Waals surface area contributed by atoms with Crippen LogP contribution in [0.2, 0.25) is 0 Å². The van der Waals surface area contributed by atoms with Crippen LogP contribution in [0.1, 0.15) is 34.2 Å². The highest BCUT2D eigenvalue weighted by atomic mass is 79.9. The zero-order valence-corrected chi connectivity index (χ0v) is 19.5. The van der Waals surface area contributed by atoms with E-state index in [4.69, 9.17) is 9.47 Å². The van der Waals surface area contributed by atoms with Gasteiger partial charge in [-0.3, -0.25) is 4.79 Å². The van der Waals surface area contributed by atoms with Crippen molar-refractivity contribution in [3.8, 4) is 17.2 Å². The summed E-state index contributed by atoms with van der Waals surface area (Å²) in [6.45, 7) is 6.82. The summed E-state index contributed by atoms with van der Waals surface area (Å²) < 4.78 is 13.6. The van der Waals surface area contributed by atoms with Crippen LogP contribution in [0.3, 0.4) is 0 Å². The number of aromatic nitrogens is 2. The van der Waals surface area contributed by atoms with Crippen molar-refractivity contribution in [1.29, 1.82) is 0 Å². The van der Waals surface area contributed by atoms with Gasteiger partial charge in [0.15, 0.2) is 11.5 Å². The van der Waals surface area contributed by atoms with Crippen LogP contribution in [0.15, 0.2) is 46.9 Å². The van der Waals surface area contributed by atoms with E-state index >= 15 is 0 Å². The SMILES string of the molecule is CCOc1cc(C(=O)N(C)Cc2c(C)nn(-c3ccccc3)c2C)cc(Br)c1OC. The molecule has 1 aromatic heterocycles. The summed E-state index contributed by atoms with van der Waals surface area (Å²) >= 11 is 3.48. The molecule has 2 aromatic carbocycles. The summed E-state index contributed by atoms with van der Waals surface area (Å²) in [6, 6.07) is 13.5. The van der Waals surface area contributed by atoms with Crippen molar-refractivity contribution >= 4 is 21.8 Å². The van der Waals surface area contributed by atoms with Gasteiger partial charge in [0, 0.05) is 30.4 Å². The zero-order valence-electron chi connectivity index (χ0n) is 17.9. The number of amides is 1. The molecule has 0 radical (unpaired) electrons. The van der Waals surface area contributed by atoms with Crippen molar-refractivity contribution in [2.75, 3.05) is 20.8 Å². The average molecular weight is 472 g/mol. The molecule has 3 aromatic rings. The van der Waals surface area contributed by atoms with Crippen LogP contribution >= 0.6 is 15.9 Å². The molecule has 3 rings (SSSR count). The Bertz CT molecular complexity index is 1050. The van der Waals surface area contributed by atoms with E-state index in [1.54, 1.807) is 31.2 Å². The smallest absolute Gasteiger partial charge is 0.254 e.